The number of hydrogen-bond acceptors (Lipinski definition) is 4. The highest BCUT2D eigenvalue weighted by atomic mass is 16.5. The van der Waals surface area contributed by atoms with Gasteiger partial charge in [-0.25, -0.2) is 0 Å². The lowest BCUT2D eigenvalue weighted by atomic mass is 10.1. The summed E-state index contributed by atoms with van der Waals surface area (Å²) in [5.74, 6) is 0.845. The molecule has 4 heteroatoms. The minimum absolute atomic E-state index is 0.209. The highest BCUT2D eigenvalue weighted by molar-refractivity contribution is 5.37. The van der Waals surface area contributed by atoms with Gasteiger partial charge in [-0.1, -0.05) is 6.07 Å². The maximum absolute atomic E-state index is 9.46. The smallest absolute Gasteiger partial charge is 0.121 e. The van der Waals surface area contributed by atoms with Gasteiger partial charge in [-0.05, 0) is 44.0 Å². The Hall–Kier alpha value is -1.10. The lowest BCUT2D eigenvalue weighted by molar-refractivity contribution is -0.0591. The van der Waals surface area contributed by atoms with Gasteiger partial charge in [-0.2, -0.15) is 0 Å². The van der Waals surface area contributed by atoms with Crippen LogP contribution >= 0.6 is 0 Å². The molecule has 0 aliphatic carbocycles. The molecule has 3 unspecified atom stereocenters. The molecule has 4 nitrogen and oxygen atoms in total. The van der Waals surface area contributed by atoms with E-state index in [4.69, 9.17) is 15.2 Å². The van der Waals surface area contributed by atoms with E-state index < -0.39 is 6.10 Å². The van der Waals surface area contributed by atoms with Gasteiger partial charge in [-0.3, -0.25) is 0 Å². The number of ether oxygens (including phenoxy) is 2. The van der Waals surface area contributed by atoms with Crippen molar-refractivity contribution < 1.29 is 14.6 Å². The van der Waals surface area contributed by atoms with Crippen LogP contribution in [0.5, 0.6) is 5.75 Å². The van der Waals surface area contributed by atoms with Crippen molar-refractivity contribution in [3.05, 3.63) is 29.3 Å². The summed E-state index contributed by atoms with van der Waals surface area (Å²) in [7, 11) is 1.65. The number of hydrogen-bond donors (Lipinski definition) is 2. The second kappa shape index (κ2) is 6.73. The van der Waals surface area contributed by atoms with Gasteiger partial charge in [-0.15, -0.1) is 0 Å². The number of aliphatic hydroxyl groups excluding tert-OH is 1. The standard InChI is InChI=1S/C14H23NO3/c1-9-7-12(5-6-13(9)17-4)14(8-15)18-11(3)10(2)16/h5-7,10-11,14,16H,8,15H2,1-4H3. The Kier molecular flexibility index (Phi) is 5.59. The van der Waals surface area contributed by atoms with Crippen molar-refractivity contribution in [1.29, 1.82) is 0 Å². The molecule has 0 radical (unpaired) electrons. The van der Waals surface area contributed by atoms with Crippen molar-refractivity contribution in [2.75, 3.05) is 13.7 Å². The molecule has 0 aromatic heterocycles. The molecule has 0 aliphatic heterocycles. The second-order valence-corrected chi connectivity index (χ2v) is 4.54. The molecule has 0 bridgehead atoms. The maximum Gasteiger partial charge on any atom is 0.121 e. The summed E-state index contributed by atoms with van der Waals surface area (Å²) < 4.78 is 11.0. The van der Waals surface area contributed by atoms with E-state index >= 15 is 0 Å². The SMILES string of the molecule is COc1ccc(C(CN)OC(C)C(C)O)cc1C. The summed E-state index contributed by atoms with van der Waals surface area (Å²) in [6, 6.07) is 5.85. The molecule has 0 heterocycles. The molecule has 1 aromatic rings. The molecule has 1 aromatic carbocycles. The minimum Gasteiger partial charge on any atom is -0.496 e. The number of benzene rings is 1. The molecule has 0 fully saturated rings. The van der Waals surface area contributed by atoms with Crippen LogP contribution < -0.4 is 10.5 Å². The predicted octanol–water partition coefficient (Wildman–Crippen LogP) is 1.79. The van der Waals surface area contributed by atoms with Crippen LogP contribution in [0.3, 0.4) is 0 Å². The predicted molar refractivity (Wildman–Crippen MR) is 71.8 cm³/mol. The Morgan fingerprint density at radius 2 is 2.00 bits per heavy atom. The second-order valence-electron chi connectivity index (χ2n) is 4.54. The first kappa shape index (κ1) is 15.0. The molecule has 1 rings (SSSR count). The molecular weight excluding hydrogens is 230 g/mol. The van der Waals surface area contributed by atoms with E-state index in [9.17, 15) is 5.11 Å². The van der Waals surface area contributed by atoms with Crippen molar-refractivity contribution in [3.63, 3.8) is 0 Å². The first-order valence-electron chi connectivity index (χ1n) is 6.17. The van der Waals surface area contributed by atoms with E-state index in [0.29, 0.717) is 6.54 Å². The molecule has 3 N–H and O–H groups in total. The van der Waals surface area contributed by atoms with Crippen LogP contribution in [0.15, 0.2) is 18.2 Å². The first-order chi connectivity index (χ1) is 8.49. The Morgan fingerprint density at radius 1 is 1.33 bits per heavy atom. The fourth-order valence-electron chi connectivity index (χ4n) is 1.74. The Labute approximate surface area is 109 Å². The Bertz CT molecular complexity index is 379. The highest BCUT2D eigenvalue weighted by Gasteiger charge is 2.18. The zero-order chi connectivity index (χ0) is 13.7. The van der Waals surface area contributed by atoms with Gasteiger partial charge in [0.2, 0.25) is 0 Å². The van der Waals surface area contributed by atoms with Crippen LogP contribution in [0.25, 0.3) is 0 Å². The number of methoxy groups -OCH3 is 1. The third-order valence-corrected chi connectivity index (χ3v) is 3.06. The van der Waals surface area contributed by atoms with Gasteiger partial charge in [0.1, 0.15) is 5.75 Å². The van der Waals surface area contributed by atoms with Gasteiger partial charge >= 0.3 is 0 Å². The first-order valence-corrected chi connectivity index (χ1v) is 6.17. The summed E-state index contributed by atoms with van der Waals surface area (Å²) in [5.41, 5.74) is 7.78. The lowest BCUT2D eigenvalue weighted by Gasteiger charge is -2.24. The quantitative estimate of drug-likeness (QED) is 0.811. The normalized spacial score (nSPS) is 16.1. The molecule has 0 saturated carbocycles. The molecule has 3 atom stereocenters. The topological polar surface area (TPSA) is 64.7 Å². The van der Waals surface area contributed by atoms with E-state index in [2.05, 4.69) is 0 Å². The van der Waals surface area contributed by atoms with Crippen molar-refractivity contribution >= 4 is 0 Å². The molecule has 0 amide bonds. The summed E-state index contributed by atoms with van der Waals surface area (Å²) in [4.78, 5) is 0. The average Bonchev–Trinajstić information content (AvgIpc) is 2.35. The third kappa shape index (κ3) is 3.70. The highest BCUT2D eigenvalue weighted by Crippen LogP contribution is 2.25. The van der Waals surface area contributed by atoms with Crippen LogP contribution in [0, 0.1) is 6.92 Å². The zero-order valence-electron chi connectivity index (χ0n) is 11.5. The molecule has 0 spiro atoms. The summed E-state index contributed by atoms with van der Waals surface area (Å²) in [6.07, 6.45) is -0.974. The van der Waals surface area contributed by atoms with Crippen LogP contribution in [0.2, 0.25) is 0 Å². The van der Waals surface area contributed by atoms with E-state index in [1.54, 1.807) is 14.0 Å². The van der Waals surface area contributed by atoms with Gasteiger partial charge in [0.05, 0.1) is 25.4 Å². The monoisotopic (exact) mass is 253 g/mol. The average molecular weight is 253 g/mol. The molecule has 18 heavy (non-hydrogen) atoms. The summed E-state index contributed by atoms with van der Waals surface area (Å²) in [5, 5.41) is 9.46. The lowest BCUT2D eigenvalue weighted by Crippen LogP contribution is -2.28. The van der Waals surface area contributed by atoms with E-state index in [-0.39, 0.29) is 12.2 Å². The zero-order valence-corrected chi connectivity index (χ0v) is 11.5. The molecule has 0 saturated heterocycles. The van der Waals surface area contributed by atoms with E-state index in [1.165, 1.54) is 0 Å². The Balaban J connectivity index is 2.85. The van der Waals surface area contributed by atoms with E-state index in [1.807, 2.05) is 32.0 Å². The largest absolute Gasteiger partial charge is 0.496 e. The van der Waals surface area contributed by atoms with Gasteiger partial charge in [0, 0.05) is 6.54 Å². The number of aryl methyl sites for hydroxylation is 1. The maximum atomic E-state index is 9.46. The van der Waals surface area contributed by atoms with Gasteiger partial charge in [0.15, 0.2) is 0 Å². The van der Waals surface area contributed by atoms with Crippen molar-refractivity contribution in [2.24, 2.45) is 5.73 Å². The number of aliphatic hydroxyl groups is 1. The Morgan fingerprint density at radius 3 is 2.44 bits per heavy atom. The fraction of sp³-hybridized carbons (Fsp3) is 0.571. The van der Waals surface area contributed by atoms with Crippen LogP contribution in [0.1, 0.15) is 31.1 Å². The van der Waals surface area contributed by atoms with Gasteiger partial charge < -0.3 is 20.3 Å². The fourth-order valence-corrected chi connectivity index (χ4v) is 1.74. The molecular formula is C14H23NO3. The third-order valence-electron chi connectivity index (χ3n) is 3.06. The van der Waals surface area contributed by atoms with Crippen LogP contribution in [-0.2, 0) is 4.74 Å². The molecule has 0 aliphatic rings. The van der Waals surface area contributed by atoms with Crippen LogP contribution in [0.4, 0.5) is 0 Å². The summed E-state index contributed by atoms with van der Waals surface area (Å²) in [6.45, 7) is 5.90. The van der Waals surface area contributed by atoms with Crippen molar-refractivity contribution in [2.45, 2.75) is 39.1 Å². The van der Waals surface area contributed by atoms with E-state index in [0.717, 1.165) is 16.9 Å². The number of rotatable bonds is 6. The van der Waals surface area contributed by atoms with Gasteiger partial charge in [0.25, 0.3) is 0 Å². The molecule has 102 valence electrons. The van der Waals surface area contributed by atoms with Crippen molar-refractivity contribution in [1.82, 2.24) is 0 Å². The minimum atomic E-state index is -0.515. The van der Waals surface area contributed by atoms with Crippen molar-refractivity contribution in [3.8, 4) is 5.75 Å². The van der Waals surface area contributed by atoms with Crippen LogP contribution in [-0.4, -0.2) is 31.0 Å². The summed E-state index contributed by atoms with van der Waals surface area (Å²) >= 11 is 0. The number of nitrogens with two attached hydrogens (primary N) is 1.